The van der Waals surface area contributed by atoms with Crippen molar-refractivity contribution in [3.63, 3.8) is 0 Å². The molecule has 0 unspecified atom stereocenters. The molecule has 0 atom stereocenters. The van der Waals surface area contributed by atoms with Crippen LogP contribution >= 0.6 is 0 Å². The summed E-state index contributed by atoms with van der Waals surface area (Å²) in [5.74, 6) is -0.268. The molecule has 0 saturated carbocycles. The molecule has 0 bridgehead atoms. The van der Waals surface area contributed by atoms with Crippen molar-refractivity contribution in [2.45, 2.75) is 6.92 Å². The number of hydrogen-bond donors (Lipinski definition) is 0. The zero-order chi connectivity index (χ0) is 13.1. The first-order chi connectivity index (χ1) is 8.58. The highest BCUT2D eigenvalue weighted by atomic mass is 19.1. The van der Waals surface area contributed by atoms with E-state index in [1.54, 1.807) is 18.2 Å². The molecular formula is C12H9FN2O3. The van der Waals surface area contributed by atoms with E-state index in [9.17, 15) is 14.5 Å². The zero-order valence-electron chi connectivity index (χ0n) is 9.46. The monoisotopic (exact) mass is 248 g/mol. The van der Waals surface area contributed by atoms with E-state index in [1.165, 1.54) is 25.1 Å². The Hall–Kier alpha value is -2.50. The van der Waals surface area contributed by atoms with Crippen LogP contribution in [0.2, 0.25) is 0 Å². The number of nitrogens with zero attached hydrogens (tertiary/aromatic N) is 2. The molecular weight excluding hydrogens is 239 g/mol. The van der Waals surface area contributed by atoms with Gasteiger partial charge in [-0.25, -0.2) is 4.39 Å². The fourth-order valence-electron chi connectivity index (χ4n) is 1.46. The maximum absolute atomic E-state index is 12.7. The topological polar surface area (TPSA) is 69.2 Å². The quantitative estimate of drug-likeness (QED) is 0.617. The summed E-state index contributed by atoms with van der Waals surface area (Å²) in [7, 11) is 0. The van der Waals surface area contributed by atoms with Gasteiger partial charge in [0.1, 0.15) is 5.82 Å². The first-order valence-electron chi connectivity index (χ1n) is 5.12. The minimum Gasteiger partial charge on any atom is -0.349 e. The summed E-state index contributed by atoms with van der Waals surface area (Å²) in [6.45, 7) is 1.50. The summed E-state index contributed by atoms with van der Waals surface area (Å²) in [4.78, 5) is 10.2. The Balaban J connectivity index is 2.29. The number of aryl methyl sites for hydroxylation is 1. The Kier molecular flexibility index (Phi) is 3.18. The van der Waals surface area contributed by atoms with Crippen molar-refractivity contribution in [1.29, 1.82) is 0 Å². The van der Waals surface area contributed by atoms with Crippen molar-refractivity contribution in [3.8, 4) is 0 Å². The van der Waals surface area contributed by atoms with Crippen LogP contribution in [0.3, 0.4) is 0 Å². The van der Waals surface area contributed by atoms with Gasteiger partial charge in [-0.05, 0) is 30.7 Å². The normalized spacial score (nSPS) is 11.0. The summed E-state index contributed by atoms with van der Waals surface area (Å²) in [5, 5.41) is 14.3. The lowest BCUT2D eigenvalue weighted by atomic mass is 10.2. The molecule has 0 fully saturated rings. The molecule has 5 nitrogen and oxygen atoms in total. The number of nitro groups is 1. The summed E-state index contributed by atoms with van der Waals surface area (Å²) >= 11 is 0. The zero-order valence-corrected chi connectivity index (χ0v) is 9.46. The third-order valence-corrected chi connectivity index (χ3v) is 2.34. The van der Waals surface area contributed by atoms with Crippen LogP contribution in [0.4, 0.5) is 10.1 Å². The van der Waals surface area contributed by atoms with Gasteiger partial charge in [0, 0.05) is 0 Å². The standard InChI is InChI=1S/C12H9FN2O3/c1-8-12(15(16)17)11(18-14-8)7-4-9-2-5-10(13)6-3-9/h2-7H,1H3/b7-4-. The number of aromatic nitrogens is 1. The molecule has 92 valence electrons. The predicted molar refractivity (Wildman–Crippen MR) is 63.2 cm³/mol. The van der Waals surface area contributed by atoms with Gasteiger partial charge in [0.25, 0.3) is 0 Å². The van der Waals surface area contributed by atoms with Crippen LogP contribution in [0.1, 0.15) is 17.0 Å². The molecule has 1 aromatic carbocycles. The highest BCUT2D eigenvalue weighted by Crippen LogP contribution is 2.24. The van der Waals surface area contributed by atoms with Crippen LogP contribution in [0.25, 0.3) is 12.2 Å². The molecule has 0 aliphatic heterocycles. The lowest BCUT2D eigenvalue weighted by Gasteiger charge is -1.92. The molecule has 0 aliphatic carbocycles. The van der Waals surface area contributed by atoms with Gasteiger partial charge in [-0.15, -0.1) is 0 Å². The van der Waals surface area contributed by atoms with Crippen LogP contribution in [-0.4, -0.2) is 10.1 Å². The van der Waals surface area contributed by atoms with Gasteiger partial charge in [-0.3, -0.25) is 10.1 Å². The van der Waals surface area contributed by atoms with E-state index in [4.69, 9.17) is 4.52 Å². The first-order valence-corrected chi connectivity index (χ1v) is 5.12. The predicted octanol–water partition coefficient (Wildman–Crippen LogP) is 3.20. The van der Waals surface area contributed by atoms with Gasteiger partial charge >= 0.3 is 5.69 Å². The third-order valence-electron chi connectivity index (χ3n) is 2.34. The molecule has 1 aromatic heterocycles. The molecule has 0 amide bonds. The van der Waals surface area contributed by atoms with Crippen molar-refractivity contribution in [2.24, 2.45) is 0 Å². The molecule has 0 radical (unpaired) electrons. The highest BCUT2D eigenvalue weighted by molar-refractivity contribution is 5.71. The Bertz CT molecular complexity index is 602. The van der Waals surface area contributed by atoms with Gasteiger partial charge in [0.2, 0.25) is 5.76 Å². The number of benzene rings is 1. The largest absolute Gasteiger partial charge is 0.349 e. The second kappa shape index (κ2) is 4.79. The van der Waals surface area contributed by atoms with Gasteiger partial charge in [-0.2, -0.15) is 0 Å². The first kappa shape index (κ1) is 12.0. The Labute approximate surface area is 102 Å². The van der Waals surface area contributed by atoms with E-state index in [1.807, 2.05) is 0 Å². The van der Waals surface area contributed by atoms with Crippen LogP contribution in [0.5, 0.6) is 0 Å². The van der Waals surface area contributed by atoms with Crippen molar-refractivity contribution in [3.05, 3.63) is 57.2 Å². The average Bonchev–Trinajstić information content (AvgIpc) is 2.70. The molecule has 0 spiro atoms. The van der Waals surface area contributed by atoms with Gasteiger partial charge in [-0.1, -0.05) is 23.4 Å². The molecule has 2 rings (SSSR count). The number of rotatable bonds is 3. The van der Waals surface area contributed by atoms with E-state index < -0.39 is 4.92 Å². The van der Waals surface area contributed by atoms with E-state index in [0.29, 0.717) is 5.56 Å². The molecule has 0 saturated heterocycles. The smallest absolute Gasteiger partial charge is 0.338 e. The molecule has 0 N–H and O–H groups in total. The molecule has 18 heavy (non-hydrogen) atoms. The summed E-state index contributed by atoms with van der Waals surface area (Å²) in [5.41, 5.74) is 0.770. The van der Waals surface area contributed by atoms with Crippen molar-refractivity contribution in [2.75, 3.05) is 0 Å². The molecule has 2 aromatic rings. The van der Waals surface area contributed by atoms with Crippen molar-refractivity contribution in [1.82, 2.24) is 5.16 Å². The van der Waals surface area contributed by atoms with E-state index in [-0.39, 0.29) is 23.0 Å². The van der Waals surface area contributed by atoms with Gasteiger partial charge in [0.05, 0.1) is 4.92 Å². The van der Waals surface area contributed by atoms with Gasteiger partial charge in [0.15, 0.2) is 5.69 Å². The number of hydrogen-bond acceptors (Lipinski definition) is 4. The minimum atomic E-state index is -0.545. The second-order valence-corrected chi connectivity index (χ2v) is 3.62. The van der Waals surface area contributed by atoms with Crippen LogP contribution < -0.4 is 0 Å². The van der Waals surface area contributed by atoms with Crippen LogP contribution in [0.15, 0.2) is 28.8 Å². The number of halogens is 1. The van der Waals surface area contributed by atoms with Crippen molar-refractivity contribution < 1.29 is 13.8 Å². The van der Waals surface area contributed by atoms with Gasteiger partial charge < -0.3 is 4.52 Å². The Morgan fingerprint density at radius 3 is 2.61 bits per heavy atom. The Morgan fingerprint density at radius 1 is 1.33 bits per heavy atom. The maximum atomic E-state index is 12.7. The lowest BCUT2D eigenvalue weighted by Crippen LogP contribution is -1.90. The summed E-state index contributed by atoms with van der Waals surface area (Å²) in [6, 6.07) is 5.72. The Morgan fingerprint density at radius 2 is 2.00 bits per heavy atom. The van der Waals surface area contributed by atoms with Crippen molar-refractivity contribution >= 4 is 17.8 Å². The summed E-state index contributed by atoms with van der Waals surface area (Å²) < 4.78 is 17.5. The fourth-order valence-corrected chi connectivity index (χ4v) is 1.46. The molecule has 0 aliphatic rings. The average molecular weight is 248 g/mol. The van der Waals surface area contributed by atoms with Crippen LogP contribution in [-0.2, 0) is 0 Å². The van der Waals surface area contributed by atoms with Crippen LogP contribution in [0, 0.1) is 22.9 Å². The third kappa shape index (κ3) is 2.42. The second-order valence-electron chi connectivity index (χ2n) is 3.62. The highest BCUT2D eigenvalue weighted by Gasteiger charge is 2.21. The van der Waals surface area contributed by atoms with E-state index in [2.05, 4.69) is 5.16 Å². The molecule has 1 heterocycles. The SMILES string of the molecule is Cc1noc(/C=C\c2ccc(F)cc2)c1[N+](=O)[O-]. The lowest BCUT2D eigenvalue weighted by molar-refractivity contribution is -0.386. The minimum absolute atomic E-state index is 0.0711. The summed E-state index contributed by atoms with van der Waals surface area (Å²) in [6.07, 6.45) is 3.03. The van der Waals surface area contributed by atoms with E-state index in [0.717, 1.165) is 0 Å². The van der Waals surface area contributed by atoms with E-state index >= 15 is 0 Å². The fraction of sp³-hybridized carbons (Fsp3) is 0.0833. The maximum Gasteiger partial charge on any atom is 0.338 e. The molecule has 6 heteroatoms.